The van der Waals surface area contributed by atoms with Crippen molar-refractivity contribution in [3.8, 4) is 0 Å². The number of carboxylic acid groups (broad SMARTS) is 1. The summed E-state index contributed by atoms with van der Waals surface area (Å²) in [5.74, 6) is -1.22. The summed E-state index contributed by atoms with van der Waals surface area (Å²) in [6.45, 7) is -0.105. The fourth-order valence-corrected chi connectivity index (χ4v) is 3.87. The van der Waals surface area contributed by atoms with Crippen molar-refractivity contribution in [1.82, 2.24) is 0 Å². The molecule has 1 aromatic rings. The molecule has 0 bridgehead atoms. The highest BCUT2D eigenvalue weighted by atomic mass is 19.4. The Morgan fingerprint density at radius 1 is 1.22 bits per heavy atom. The van der Waals surface area contributed by atoms with Crippen LogP contribution in [0, 0.1) is 5.92 Å². The molecule has 0 aliphatic heterocycles. The number of unbranched alkanes of at least 4 members (excludes halogenated alkanes) is 1. The second-order valence-electron chi connectivity index (χ2n) is 8.22. The van der Waals surface area contributed by atoms with Gasteiger partial charge in [-0.25, -0.2) is 0 Å². The number of carboxylic acids is 1. The van der Waals surface area contributed by atoms with Crippen molar-refractivity contribution in [2.24, 2.45) is 5.92 Å². The van der Waals surface area contributed by atoms with Crippen LogP contribution < -0.4 is 0 Å². The number of aliphatic carboxylic acids is 1. The zero-order valence-electron chi connectivity index (χ0n) is 17.7. The normalized spacial score (nSPS) is 24.8. The van der Waals surface area contributed by atoms with E-state index in [1.807, 2.05) is 12.2 Å². The van der Waals surface area contributed by atoms with Gasteiger partial charge in [0, 0.05) is 18.8 Å². The number of aryl methyl sites for hydroxylation is 1. The van der Waals surface area contributed by atoms with Gasteiger partial charge in [0.15, 0.2) is 0 Å². The quantitative estimate of drug-likeness (QED) is 0.282. The van der Waals surface area contributed by atoms with Crippen molar-refractivity contribution < 1.29 is 43.1 Å². The third kappa shape index (κ3) is 8.54. The van der Waals surface area contributed by atoms with Crippen molar-refractivity contribution in [2.45, 2.75) is 75.5 Å². The summed E-state index contributed by atoms with van der Waals surface area (Å²) in [5, 5.41) is 39.2. The van der Waals surface area contributed by atoms with Gasteiger partial charge in [0.2, 0.25) is 0 Å². The standard InChI is InChI=1S/C23H31F3O6/c24-23(25,26)16-7-5-6-15(12-16)10-11-17(27)14-32-22-18(19(28)13-20(22)29)8-3-1-2-4-9-21(30)31/h1,3,5-7,12,17-20,22,27-29H,2,4,8-11,13-14H2,(H,30,31)/b3-1-/t17?,18-,19-,20+,22+/m0/s1. The molecule has 9 heteroatoms. The molecular formula is C23H31F3O6. The number of benzene rings is 1. The number of ether oxygens (including phenoxy) is 1. The molecule has 6 nitrogen and oxygen atoms in total. The summed E-state index contributed by atoms with van der Waals surface area (Å²) in [4.78, 5) is 10.5. The second kappa shape index (κ2) is 12.3. The molecule has 4 N–H and O–H groups in total. The van der Waals surface area contributed by atoms with Gasteiger partial charge >= 0.3 is 12.1 Å². The predicted octanol–water partition coefficient (Wildman–Crippen LogP) is 3.33. The van der Waals surface area contributed by atoms with Crippen LogP contribution in [0.5, 0.6) is 0 Å². The number of hydrogen-bond acceptors (Lipinski definition) is 5. The van der Waals surface area contributed by atoms with Crippen LogP contribution in [0.4, 0.5) is 13.2 Å². The van der Waals surface area contributed by atoms with Crippen LogP contribution in [0.25, 0.3) is 0 Å². The number of aliphatic hydroxyl groups excluding tert-OH is 3. The smallest absolute Gasteiger partial charge is 0.416 e. The number of rotatable bonds is 12. The lowest BCUT2D eigenvalue weighted by atomic mass is 9.98. The molecule has 1 unspecified atom stereocenters. The number of carbonyl (C=O) groups is 1. The molecule has 1 saturated carbocycles. The summed E-state index contributed by atoms with van der Waals surface area (Å²) >= 11 is 0. The molecule has 2 rings (SSSR count). The van der Waals surface area contributed by atoms with Gasteiger partial charge in [-0.05, 0) is 43.7 Å². The molecule has 0 heterocycles. The highest BCUT2D eigenvalue weighted by molar-refractivity contribution is 5.66. The van der Waals surface area contributed by atoms with Crippen LogP contribution in [0.1, 0.15) is 49.7 Å². The Hall–Kier alpha value is -1.94. The van der Waals surface area contributed by atoms with E-state index in [0.29, 0.717) is 24.8 Å². The first-order valence-electron chi connectivity index (χ1n) is 10.8. The average molecular weight is 460 g/mol. The highest BCUT2D eigenvalue weighted by Crippen LogP contribution is 2.33. The van der Waals surface area contributed by atoms with E-state index in [-0.39, 0.29) is 38.2 Å². The van der Waals surface area contributed by atoms with E-state index in [1.165, 1.54) is 6.07 Å². The van der Waals surface area contributed by atoms with Crippen molar-refractivity contribution in [3.05, 3.63) is 47.5 Å². The van der Waals surface area contributed by atoms with E-state index >= 15 is 0 Å². The van der Waals surface area contributed by atoms with Crippen LogP contribution in [-0.2, 0) is 22.1 Å². The molecule has 1 aliphatic rings. The first-order chi connectivity index (χ1) is 15.1. The Balaban J connectivity index is 1.80. The van der Waals surface area contributed by atoms with Gasteiger partial charge in [0.25, 0.3) is 0 Å². The van der Waals surface area contributed by atoms with E-state index in [1.54, 1.807) is 6.07 Å². The number of alkyl halides is 3. The molecule has 1 aliphatic carbocycles. The first kappa shape index (κ1) is 26.3. The zero-order chi connectivity index (χ0) is 23.7. The number of hydrogen-bond donors (Lipinski definition) is 4. The topological polar surface area (TPSA) is 107 Å². The molecule has 0 saturated heterocycles. The largest absolute Gasteiger partial charge is 0.481 e. The Kier molecular flexibility index (Phi) is 10.1. The van der Waals surface area contributed by atoms with Crippen LogP contribution >= 0.6 is 0 Å². The Labute approximate surface area is 185 Å². The lowest BCUT2D eigenvalue weighted by molar-refractivity contribution is -0.138. The van der Waals surface area contributed by atoms with E-state index in [4.69, 9.17) is 9.84 Å². The molecule has 0 radical (unpaired) electrons. The van der Waals surface area contributed by atoms with Crippen LogP contribution in [0.15, 0.2) is 36.4 Å². The van der Waals surface area contributed by atoms with Crippen LogP contribution in [0.2, 0.25) is 0 Å². The van der Waals surface area contributed by atoms with Crippen LogP contribution in [0.3, 0.4) is 0 Å². The van der Waals surface area contributed by atoms with Gasteiger partial charge in [0.05, 0.1) is 36.6 Å². The van der Waals surface area contributed by atoms with E-state index < -0.39 is 42.1 Å². The molecule has 1 fully saturated rings. The molecule has 1 aromatic carbocycles. The Bertz CT molecular complexity index is 751. The lowest BCUT2D eigenvalue weighted by Crippen LogP contribution is -2.33. The maximum atomic E-state index is 12.8. The summed E-state index contributed by atoms with van der Waals surface area (Å²) < 4.78 is 44.1. The molecule has 0 aromatic heterocycles. The number of aliphatic hydroxyl groups is 3. The average Bonchev–Trinajstić information content (AvgIpc) is 2.99. The second-order valence-corrected chi connectivity index (χ2v) is 8.22. The third-order valence-electron chi connectivity index (χ3n) is 5.62. The molecule has 0 amide bonds. The summed E-state index contributed by atoms with van der Waals surface area (Å²) in [5.41, 5.74) is -0.274. The van der Waals surface area contributed by atoms with E-state index in [0.717, 1.165) is 12.1 Å². The van der Waals surface area contributed by atoms with E-state index in [9.17, 15) is 33.3 Å². The van der Waals surface area contributed by atoms with Crippen molar-refractivity contribution in [1.29, 1.82) is 0 Å². The van der Waals surface area contributed by atoms with Gasteiger partial charge in [-0.2, -0.15) is 13.2 Å². The van der Waals surface area contributed by atoms with Crippen molar-refractivity contribution >= 4 is 5.97 Å². The van der Waals surface area contributed by atoms with Gasteiger partial charge < -0.3 is 25.2 Å². The monoisotopic (exact) mass is 460 g/mol. The molecule has 5 atom stereocenters. The number of halogens is 3. The van der Waals surface area contributed by atoms with Gasteiger partial charge in [-0.1, -0.05) is 30.4 Å². The number of allylic oxidation sites excluding steroid dienone is 2. The first-order valence-corrected chi connectivity index (χ1v) is 10.8. The Morgan fingerprint density at radius 2 is 1.97 bits per heavy atom. The van der Waals surface area contributed by atoms with E-state index in [2.05, 4.69) is 0 Å². The fraction of sp³-hybridized carbons (Fsp3) is 0.609. The predicted molar refractivity (Wildman–Crippen MR) is 111 cm³/mol. The van der Waals surface area contributed by atoms with Gasteiger partial charge in [0.1, 0.15) is 0 Å². The fourth-order valence-electron chi connectivity index (χ4n) is 3.87. The van der Waals surface area contributed by atoms with Crippen molar-refractivity contribution in [3.63, 3.8) is 0 Å². The molecular weight excluding hydrogens is 429 g/mol. The SMILES string of the molecule is O=C(O)CCC/C=C\C[C@@H]1[C@@H](OCC(O)CCc2cccc(C(F)(F)F)c2)[C@H](O)C[C@@H]1O. The minimum Gasteiger partial charge on any atom is -0.481 e. The Morgan fingerprint density at radius 3 is 2.66 bits per heavy atom. The maximum absolute atomic E-state index is 12.8. The van der Waals surface area contributed by atoms with Crippen LogP contribution in [-0.4, -0.2) is 57.4 Å². The lowest BCUT2D eigenvalue weighted by Gasteiger charge is -2.24. The highest BCUT2D eigenvalue weighted by Gasteiger charge is 2.42. The van der Waals surface area contributed by atoms with Gasteiger partial charge in [-0.15, -0.1) is 0 Å². The summed E-state index contributed by atoms with van der Waals surface area (Å²) in [7, 11) is 0. The zero-order valence-corrected chi connectivity index (χ0v) is 17.7. The maximum Gasteiger partial charge on any atom is 0.416 e. The molecule has 32 heavy (non-hydrogen) atoms. The van der Waals surface area contributed by atoms with Crippen molar-refractivity contribution in [2.75, 3.05) is 6.61 Å². The van der Waals surface area contributed by atoms with Gasteiger partial charge in [-0.3, -0.25) is 4.79 Å². The minimum absolute atomic E-state index is 0.0826. The minimum atomic E-state index is -4.42. The molecule has 180 valence electrons. The third-order valence-corrected chi connectivity index (χ3v) is 5.62. The molecule has 0 spiro atoms. The summed E-state index contributed by atoms with van der Waals surface area (Å²) in [6, 6.07) is 4.95. The summed E-state index contributed by atoms with van der Waals surface area (Å²) in [6.07, 6.45) is -1.78.